The van der Waals surface area contributed by atoms with Crippen molar-refractivity contribution in [1.29, 1.82) is 0 Å². The van der Waals surface area contributed by atoms with Gasteiger partial charge in [0.05, 0.1) is 0 Å². The molecule has 0 saturated carbocycles. The van der Waals surface area contributed by atoms with Gasteiger partial charge in [0.2, 0.25) is 0 Å². The Bertz CT molecular complexity index is 119. The molecule has 0 rings (SSSR count). The van der Waals surface area contributed by atoms with Gasteiger partial charge in [0.15, 0.2) is 0 Å². The van der Waals surface area contributed by atoms with E-state index >= 15 is 0 Å². The Morgan fingerprint density at radius 3 is 1.71 bits per heavy atom. The molecule has 0 heterocycles. The van der Waals surface area contributed by atoms with Gasteiger partial charge in [0.1, 0.15) is 0 Å². The molecule has 0 unspecified atom stereocenters. The maximum atomic E-state index is 2.38. The summed E-state index contributed by atoms with van der Waals surface area (Å²) < 4.78 is 0. The Morgan fingerprint density at radius 2 is 1.36 bits per heavy atom. The van der Waals surface area contributed by atoms with E-state index in [1.165, 1.54) is 25.7 Å². The van der Waals surface area contributed by atoms with Crippen molar-refractivity contribution in [1.82, 2.24) is 4.90 Å². The zero-order chi connectivity index (χ0) is 11.1. The molecule has 14 heavy (non-hydrogen) atoms. The van der Waals surface area contributed by atoms with Crippen molar-refractivity contribution in [3.8, 4) is 0 Å². The van der Waals surface area contributed by atoms with Gasteiger partial charge in [-0.2, -0.15) is 0 Å². The molecule has 0 spiro atoms. The van der Waals surface area contributed by atoms with Crippen LogP contribution in [0.2, 0.25) is 0 Å². The summed E-state index contributed by atoms with van der Waals surface area (Å²) in [4.78, 5) is 2.38. The van der Waals surface area contributed by atoms with Crippen LogP contribution >= 0.6 is 0 Å². The van der Waals surface area contributed by atoms with Crippen molar-refractivity contribution in [2.24, 2.45) is 11.8 Å². The largest absolute Gasteiger partial charge is 0.306 e. The van der Waals surface area contributed by atoms with E-state index in [-0.39, 0.29) is 0 Å². The van der Waals surface area contributed by atoms with Crippen molar-refractivity contribution in [3.05, 3.63) is 0 Å². The molecule has 0 aliphatic carbocycles. The van der Waals surface area contributed by atoms with Crippen LogP contribution in [0.1, 0.15) is 53.4 Å². The minimum atomic E-state index is 0.766. The molecule has 1 atom stereocenters. The minimum Gasteiger partial charge on any atom is -0.306 e. The SMILES string of the molecule is CC(C)CCCC[C@@H](C(C)C)N(C)C. The number of rotatable bonds is 7. The molecule has 0 aliphatic rings. The second kappa shape index (κ2) is 7.28. The third-order valence-corrected chi connectivity index (χ3v) is 2.96. The number of unbranched alkanes of at least 4 members (excludes halogenated alkanes) is 1. The van der Waals surface area contributed by atoms with E-state index in [9.17, 15) is 0 Å². The first-order valence-electron chi connectivity index (χ1n) is 6.11. The Morgan fingerprint density at radius 1 is 0.857 bits per heavy atom. The summed E-state index contributed by atoms with van der Waals surface area (Å²) in [5, 5.41) is 0. The molecule has 0 saturated heterocycles. The lowest BCUT2D eigenvalue weighted by atomic mass is 9.95. The average molecular weight is 199 g/mol. The van der Waals surface area contributed by atoms with Crippen LogP contribution in [-0.2, 0) is 0 Å². The highest BCUT2D eigenvalue weighted by Gasteiger charge is 2.14. The highest BCUT2D eigenvalue weighted by atomic mass is 15.1. The summed E-state index contributed by atoms with van der Waals surface area (Å²) in [6, 6.07) is 0.766. The molecule has 0 amide bonds. The lowest BCUT2D eigenvalue weighted by Crippen LogP contribution is -2.32. The summed E-state index contributed by atoms with van der Waals surface area (Å²) in [5.41, 5.74) is 0. The minimum absolute atomic E-state index is 0.766. The van der Waals surface area contributed by atoms with Gasteiger partial charge in [-0.3, -0.25) is 0 Å². The van der Waals surface area contributed by atoms with Crippen LogP contribution in [0.25, 0.3) is 0 Å². The Kier molecular flexibility index (Phi) is 7.26. The van der Waals surface area contributed by atoms with E-state index in [1.54, 1.807) is 0 Å². The summed E-state index contributed by atoms with van der Waals surface area (Å²) in [6.07, 6.45) is 5.53. The lowest BCUT2D eigenvalue weighted by molar-refractivity contribution is 0.213. The third-order valence-electron chi connectivity index (χ3n) is 2.96. The lowest BCUT2D eigenvalue weighted by Gasteiger charge is -2.28. The quantitative estimate of drug-likeness (QED) is 0.564. The van der Waals surface area contributed by atoms with Crippen LogP contribution in [0.15, 0.2) is 0 Å². The van der Waals surface area contributed by atoms with Crippen molar-refractivity contribution in [3.63, 3.8) is 0 Å². The van der Waals surface area contributed by atoms with Crippen molar-refractivity contribution in [2.75, 3.05) is 14.1 Å². The maximum absolute atomic E-state index is 2.38. The third kappa shape index (κ3) is 6.42. The van der Waals surface area contributed by atoms with Crippen LogP contribution in [0, 0.1) is 11.8 Å². The molecule has 0 aromatic carbocycles. The fraction of sp³-hybridized carbons (Fsp3) is 1.00. The first-order valence-corrected chi connectivity index (χ1v) is 6.11. The topological polar surface area (TPSA) is 3.24 Å². The van der Waals surface area contributed by atoms with Crippen molar-refractivity contribution >= 4 is 0 Å². The van der Waals surface area contributed by atoms with Crippen LogP contribution in [-0.4, -0.2) is 25.0 Å². The molecule has 1 nitrogen and oxygen atoms in total. The predicted octanol–water partition coefficient (Wildman–Crippen LogP) is 3.79. The zero-order valence-corrected chi connectivity index (χ0v) is 11.0. The summed E-state index contributed by atoms with van der Waals surface area (Å²) >= 11 is 0. The van der Waals surface area contributed by atoms with Gasteiger partial charge in [-0.25, -0.2) is 0 Å². The molecular weight excluding hydrogens is 170 g/mol. The fourth-order valence-electron chi connectivity index (χ4n) is 2.09. The molecular formula is C13H29N. The van der Waals surface area contributed by atoms with Crippen LogP contribution in [0.3, 0.4) is 0 Å². The number of hydrogen-bond acceptors (Lipinski definition) is 1. The molecule has 1 heteroatoms. The summed E-state index contributed by atoms with van der Waals surface area (Å²) in [6.45, 7) is 9.28. The average Bonchev–Trinajstić information content (AvgIpc) is 2.01. The van der Waals surface area contributed by atoms with Gasteiger partial charge in [-0.15, -0.1) is 0 Å². The first kappa shape index (κ1) is 14.0. The second-order valence-electron chi connectivity index (χ2n) is 5.45. The van der Waals surface area contributed by atoms with Crippen molar-refractivity contribution < 1.29 is 0 Å². The monoisotopic (exact) mass is 199 g/mol. The van der Waals surface area contributed by atoms with Gasteiger partial charge in [-0.1, -0.05) is 47.0 Å². The Balaban J connectivity index is 3.62. The molecule has 0 aromatic heterocycles. The second-order valence-corrected chi connectivity index (χ2v) is 5.45. The maximum Gasteiger partial charge on any atom is 0.0112 e. The van der Waals surface area contributed by atoms with Gasteiger partial charge in [-0.05, 0) is 32.4 Å². The first-order chi connectivity index (χ1) is 6.45. The molecule has 0 fully saturated rings. The van der Waals surface area contributed by atoms with Gasteiger partial charge >= 0.3 is 0 Å². The van der Waals surface area contributed by atoms with Crippen LogP contribution < -0.4 is 0 Å². The van der Waals surface area contributed by atoms with Gasteiger partial charge in [0.25, 0.3) is 0 Å². The fourth-order valence-corrected chi connectivity index (χ4v) is 2.09. The van der Waals surface area contributed by atoms with E-state index in [1.807, 2.05) is 0 Å². The standard InChI is InChI=1S/C13H29N/c1-11(2)9-7-8-10-13(12(3)4)14(5)6/h11-13H,7-10H2,1-6H3/t13-/m0/s1. The Labute approximate surface area is 90.9 Å². The summed E-state index contributed by atoms with van der Waals surface area (Å²) in [7, 11) is 4.40. The Hall–Kier alpha value is -0.0400. The molecule has 0 N–H and O–H groups in total. The molecule has 0 radical (unpaired) electrons. The molecule has 0 aliphatic heterocycles. The zero-order valence-electron chi connectivity index (χ0n) is 11.0. The highest BCUT2D eigenvalue weighted by molar-refractivity contribution is 4.69. The van der Waals surface area contributed by atoms with E-state index < -0.39 is 0 Å². The number of hydrogen-bond donors (Lipinski definition) is 0. The van der Waals surface area contributed by atoms with Gasteiger partial charge < -0.3 is 4.90 Å². The van der Waals surface area contributed by atoms with E-state index in [4.69, 9.17) is 0 Å². The van der Waals surface area contributed by atoms with Crippen LogP contribution in [0.4, 0.5) is 0 Å². The molecule has 0 bridgehead atoms. The van der Waals surface area contributed by atoms with Crippen molar-refractivity contribution in [2.45, 2.75) is 59.4 Å². The highest BCUT2D eigenvalue weighted by Crippen LogP contribution is 2.16. The van der Waals surface area contributed by atoms with E-state index in [0.717, 1.165) is 17.9 Å². The van der Waals surface area contributed by atoms with Gasteiger partial charge in [0, 0.05) is 6.04 Å². The predicted molar refractivity (Wildman–Crippen MR) is 65.6 cm³/mol. The van der Waals surface area contributed by atoms with E-state index in [2.05, 4.69) is 46.7 Å². The summed E-state index contributed by atoms with van der Waals surface area (Å²) in [5.74, 6) is 1.65. The normalized spacial score (nSPS) is 14.4. The molecule has 86 valence electrons. The molecule has 0 aromatic rings. The van der Waals surface area contributed by atoms with E-state index in [0.29, 0.717) is 0 Å². The number of nitrogens with zero attached hydrogens (tertiary/aromatic N) is 1. The van der Waals surface area contributed by atoms with Crippen LogP contribution in [0.5, 0.6) is 0 Å². The smallest absolute Gasteiger partial charge is 0.0112 e.